The molecule has 10 heavy (non-hydrogen) atoms. The van der Waals surface area contributed by atoms with Crippen LogP contribution in [-0.4, -0.2) is 19.1 Å². The van der Waals surface area contributed by atoms with Gasteiger partial charge in [-0.3, -0.25) is 0 Å². The van der Waals surface area contributed by atoms with E-state index < -0.39 is 0 Å². The summed E-state index contributed by atoms with van der Waals surface area (Å²) in [5.74, 6) is 0. The van der Waals surface area contributed by atoms with Gasteiger partial charge in [-0.05, 0) is 32.9 Å². The summed E-state index contributed by atoms with van der Waals surface area (Å²) in [7, 11) is 0. The molecule has 62 valence electrons. The molecule has 0 fully saturated rings. The molecule has 0 aromatic carbocycles. The van der Waals surface area contributed by atoms with Gasteiger partial charge in [0.05, 0.1) is 0 Å². The van der Waals surface area contributed by atoms with Gasteiger partial charge in [0.1, 0.15) is 0 Å². The molecule has 0 aromatic rings. The predicted molar refractivity (Wildman–Crippen MR) is 46.0 cm³/mol. The number of rotatable bonds is 6. The lowest BCUT2D eigenvalue weighted by Crippen LogP contribution is -2.17. The Bertz CT molecular complexity index is 62.3. The minimum absolute atomic E-state index is 0.377. The Morgan fingerprint density at radius 2 is 2.10 bits per heavy atom. The first-order valence-corrected chi connectivity index (χ1v) is 4.23. The molecule has 0 radical (unpaired) electrons. The van der Waals surface area contributed by atoms with Crippen molar-refractivity contribution in [2.75, 3.05) is 13.1 Å². The van der Waals surface area contributed by atoms with Crippen LogP contribution in [0.2, 0.25) is 0 Å². The molecule has 0 amide bonds. The topological polar surface area (TPSA) is 38.0 Å². The van der Waals surface area contributed by atoms with E-state index >= 15 is 0 Å². The first-order valence-electron chi connectivity index (χ1n) is 4.23. The van der Waals surface area contributed by atoms with Crippen molar-refractivity contribution in [3.05, 3.63) is 0 Å². The average Bonchev–Trinajstić information content (AvgIpc) is 1.87. The van der Waals surface area contributed by atoms with Gasteiger partial charge in [0.25, 0.3) is 0 Å². The molecule has 0 aromatic heterocycles. The van der Waals surface area contributed by atoms with Gasteiger partial charge in [-0.15, -0.1) is 0 Å². The van der Waals surface area contributed by atoms with E-state index in [0.717, 1.165) is 19.5 Å². The van der Waals surface area contributed by atoms with Crippen molar-refractivity contribution in [3.63, 3.8) is 0 Å². The van der Waals surface area contributed by atoms with Crippen molar-refractivity contribution in [1.29, 1.82) is 0 Å². The van der Waals surface area contributed by atoms with E-state index in [1.807, 2.05) is 0 Å². The van der Waals surface area contributed by atoms with E-state index in [-0.39, 0.29) is 0 Å². The van der Waals surface area contributed by atoms with Gasteiger partial charge >= 0.3 is 0 Å². The maximum atomic E-state index is 5.59. The summed E-state index contributed by atoms with van der Waals surface area (Å²) < 4.78 is 0. The summed E-state index contributed by atoms with van der Waals surface area (Å²) in [5, 5.41) is 3.28. The summed E-state index contributed by atoms with van der Waals surface area (Å²) >= 11 is 0. The summed E-state index contributed by atoms with van der Waals surface area (Å²) in [6.45, 7) is 6.42. The van der Waals surface area contributed by atoms with Gasteiger partial charge in [-0.1, -0.05) is 13.3 Å². The van der Waals surface area contributed by atoms with E-state index in [1.165, 1.54) is 12.8 Å². The molecule has 0 rings (SSSR count). The van der Waals surface area contributed by atoms with Crippen LogP contribution >= 0.6 is 0 Å². The predicted octanol–water partition coefficient (Wildman–Crippen LogP) is 1.11. The Balaban J connectivity index is 2.77. The van der Waals surface area contributed by atoms with Crippen LogP contribution in [0.1, 0.15) is 33.1 Å². The fourth-order valence-corrected chi connectivity index (χ4v) is 0.893. The second kappa shape index (κ2) is 7.03. The zero-order valence-corrected chi connectivity index (χ0v) is 7.19. The van der Waals surface area contributed by atoms with E-state index in [0.29, 0.717) is 6.04 Å². The van der Waals surface area contributed by atoms with Crippen molar-refractivity contribution in [3.8, 4) is 0 Å². The van der Waals surface area contributed by atoms with Crippen molar-refractivity contribution in [2.24, 2.45) is 5.73 Å². The van der Waals surface area contributed by atoms with E-state index in [9.17, 15) is 0 Å². The number of nitrogens with two attached hydrogens (primary N) is 1. The molecule has 0 aliphatic rings. The Kier molecular flexibility index (Phi) is 6.98. The lowest BCUT2D eigenvalue weighted by Gasteiger charge is -2.04. The van der Waals surface area contributed by atoms with Crippen molar-refractivity contribution in [1.82, 2.24) is 5.32 Å². The molecular formula is C8H20N2. The summed E-state index contributed by atoms with van der Waals surface area (Å²) in [6.07, 6.45) is 3.67. The average molecular weight is 144 g/mol. The van der Waals surface area contributed by atoms with Crippen LogP contribution in [0.5, 0.6) is 0 Å². The molecule has 0 aliphatic heterocycles. The maximum absolute atomic E-state index is 5.59. The van der Waals surface area contributed by atoms with Crippen molar-refractivity contribution in [2.45, 2.75) is 39.2 Å². The molecule has 0 spiro atoms. The first-order chi connectivity index (χ1) is 4.77. The highest BCUT2D eigenvalue weighted by Crippen LogP contribution is 1.96. The van der Waals surface area contributed by atoms with Crippen LogP contribution in [0.4, 0.5) is 0 Å². The third kappa shape index (κ3) is 7.92. The highest BCUT2D eigenvalue weighted by Gasteiger charge is 1.92. The Morgan fingerprint density at radius 3 is 2.60 bits per heavy atom. The molecule has 0 heterocycles. The lowest BCUT2D eigenvalue weighted by molar-refractivity contribution is 0.571. The van der Waals surface area contributed by atoms with Crippen LogP contribution in [0, 0.1) is 0 Å². The van der Waals surface area contributed by atoms with Gasteiger partial charge in [-0.2, -0.15) is 0 Å². The zero-order valence-electron chi connectivity index (χ0n) is 7.19. The van der Waals surface area contributed by atoms with E-state index in [2.05, 4.69) is 19.2 Å². The van der Waals surface area contributed by atoms with E-state index in [1.54, 1.807) is 0 Å². The maximum Gasteiger partial charge on any atom is 0.00104 e. The monoisotopic (exact) mass is 144 g/mol. The number of nitrogens with one attached hydrogen (secondary N) is 1. The van der Waals surface area contributed by atoms with Gasteiger partial charge in [0.2, 0.25) is 0 Å². The molecule has 2 nitrogen and oxygen atoms in total. The molecule has 0 aliphatic carbocycles. The Labute approximate surface area is 64.2 Å². The Hall–Kier alpha value is -0.0800. The molecule has 0 bridgehead atoms. The molecular weight excluding hydrogens is 124 g/mol. The molecule has 1 unspecified atom stereocenters. The molecule has 2 heteroatoms. The fourth-order valence-electron chi connectivity index (χ4n) is 0.893. The summed E-state index contributed by atoms with van der Waals surface area (Å²) in [5.41, 5.74) is 5.59. The van der Waals surface area contributed by atoms with Gasteiger partial charge in [0, 0.05) is 6.04 Å². The van der Waals surface area contributed by atoms with Crippen molar-refractivity contribution < 1.29 is 0 Å². The second-order valence-corrected chi connectivity index (χ2v) is 2.83. The standard InChI is InChI=1S/C8H20N2/c1-3-10-7-5-4-6-8(2)9/h8,10H,3-7,9H2,1-2H3. The highest BCUT2D eigenvalue weighted by atomic mass is 14.8. The zero-order chi connectivity index (χ0) is 7.82. The molecule has 0 saturated carbocycles. The smallest absolute Gasteiger partial charge is 0.00104 e. The minimum Gasteiger partial charge on any atom is -0.328 e. The van der Waals surface area contributed by atoms with Gasteiger partial charge in [-0.25, -0.2) is 0 Å². The van der Waals surface area contributed by atoms with Crippen LogP contribution in [0.15, 0.2) is 0 Å². The second-order valence-electron chi connectivity index (χ2n) is 2.83. The number of hydrogen-bond donors (Lipinski definition) is 2. The summed E-state index contributed by atoms with van der Waals surface area (Å²) in [6, 6.07) is 0.377. The fraction of sp³-hybridized carbons (Fsp3) is 1.00. The normalized spacial score (nSPS) is 13.5. The minimum atomic E-state index is 0.377. The third-order valence-electron chi connectivity index (χ3n) is 1.51. The van der Waals surface area contributed by atoms with Gasteiger partial charge in [0.15, 0.2) is 0 Å². The number of unbranched alkanes of at least 4 members (excludes halogenated alkanes) is 1. The first kappa shape index (κ1) is 9.92. The van der Waals surface area contributed by atoms with Crippen LogP contribution in [-0.2, 0) is 0 Å². The lowest BCUT2D eigenvalue weighted by atomic mass is 10.1. The van der Waals surface area contributed by atoms with Crippen LogP contribution in [0.25, 0.3) is 0 Å². The van der Waals surface area contributed by atoms with Crippen LogP contribution < -0.4 is 11.1 Å². The third-order valence-corrected chi connectivity index (χ3v) is 1.51. The summed E-state index contributed by atoms with van der Waals surface area (Å²) in [4.78, 5) is 0. The van der Waals surface area contributed by atoms with Crippen molar-refractivity contribution >= 4 is 0 Å². The largest absolute Gasteiger partial charge is 0.328 e. The van der Waals surface area contributed by atoms with Crippen LogP contribution in [0.3, 0.4) is 0 Å². The molecule has 1 atom stereocenters. The quantitative estimate of drug-likeness (QED) is 0.548. The van der Waals surface area contributed by atoms with Gasteiger partial charge < -0.3 is 11.1 Å². The van der Waals surface area contributed by atoms with E-state index in [4.69, 9.17) is 5.73 Å². The highest BCUT2D eigenvalue weighted by molar-refractivity contribution is 4.53. The Morgan fingerprint density at radius 1 is 1.40 bits per heavy atom. The SMILES string of the molecule is CCNCCCCC(C)N. The molecule has 3 N–H and O–H groups in total. The molecule has 0 saturated heterocycles. The number of hydrogen-bond acceptors (Lipinski definition) is 2.